The molecule has 0 atom stereocenters. The van der Waals surface area contributed by atoms with Crippen molar-refractivity contribution in [3.63, 3.8) is 0 Å². The highest BCUT2D eigenvalue weighted by Crippen LogP contribution is 2.25. The van der Waals surface area contributed by atoms with Crippen molar-refractivity contribution in [2.45, 2.75) is 0 Å². The van der Waals surface area contributed by atoms with Gasteiger partial charge in [-0.2, -0.15) is 0 Å². The van der Waals surface area contributed by atoms with Gasteiger partial charge in [0.25, 0.3) is 0 Å². The Labute approximate surface area is 85.2 Å². The van der Waals surface area contributed by atoms with Gasteiger partial charge in [-0.3, -0.25) is 4.79 Å². The van der Waals surface area contributed by atoms with Crippen LogP contribution in [-0.4, -0.2) is 11.7 Å². The van der Waals surface area contributed by atoms with E-state index in [1.807, 2.05) is 0 Å². The predicted octanol–water partition coefficient (Wildman–Crippen LogP) is 3.41. The molecule has 0 spiro atoms. The van der Waals surface area contributed by atoms with E-state index in [0.29, 0.717) is 10.6 Å². The molecule has 0 radical (unpaired) electrons. The number of rotatable bonds is 2. The van der Waals surface area contributed by atoms with E-state index in [-0.39, 0.29) is 16.7 Å². The van der Waals surface area contributed by atoms with Gasteiger partial charge in [-0.05, 0) is 12.1 Å². The summed E-state index contributed by atoms with van der Waals surface area (Å²) >= 11 is 16.8. The second-order valence-corrected chi connectivity index (χ2v) is 3.21. The van der Waals surface area contributed by atoms with Crippen molar-refractivity contribution in [3.8, 4) is 0 Å². The summed E-state index contributed by atoms with van der Waals surface area (Å²) in [5.74, 6) is -0.302. The van der Waals surface area contributed by atoms with Gasteiger partial charge >= 0.3 is 0 Å². The molecule has 0 amide bonds. The van der Waals surface area contributed by atoms with E-state index in [1.165, 1.54) is 0 Å². The lowest BCUT2D eigenvalue weighted by Crippen LogP contribution is -2.00. The number of benzene rings is 1. The molecule has 0 unspecified atom stereocenters. The first-order valence-corrected chi connectivity index (χ1v) is 4.49. The van der Waals surface area contributed by atoms with E-state index >= 15 is 0 Å². The first-order chi connectivity index (χ1) is 5.66. The predicted molar refractivity (Wildman–Crippen MR) is 51.5 cm³/mol. The molecule has 64 valence electrons. The molecule has 0 aliphatic heterocycles. The Bertz CT molecular complexity index is 309. The Balaban J connectivity index is 3.16. The smallest absolute Gasteiger partial charge is 0.179 e. The first kappa shape index (κ1) is 9.85. The third kappa shape index (κ3) is 1.92. The minimum atomic E-state index is -0.218. The zero-order valence-electron chi connectivity index (χ0n) is 5.98. The SMILES string of the molecule is O=C(CCl)c1cccc(Cl)c1Cl. The summed E-state index contributed by atoms with van der Waals surface area (Å²) < 4.78 is 0. The van der Waals surface area contributed by atoms with E-state index in [2.05, 4.69) is 0 Å². The van der Waals surface area contributed by atoms with Crippen LogP contribution in [0.5, 0.6) is 0 Å². The molecule has 1 nitrogen and oxygen atoms in total. The van der Waals surface area contributed by atoms with Gasteiger partial charge in [0.05, 0.1) is 15.9 Å². The molecule has 0 N–H and O–H groups in total. The number of Topliss-reactive ketones (excluding diaryl/α,β-unsaturated/α-hetero) is 1. The van der Waals surface area contributed by atoms with Gasteiger partial charge in [0, 0.05) is 5.56 Å². The Morgan fingerprint density at radius 3 is 2.58 bits per heavy atom. The van der Waals surface area contributed by atoms with Crippen molar-refractivity contribution < 1.29 is 4.79 Å². The molecular weight excluding hydrogens is 218 g/mol. The average Bonchev–Trinajstić information content (AvgIpc) is 2.08. The third-order valence-corrected chi connectivity index (χ3v) is 2.44. The Morgan fingerprint density at radius 2 is 2.00 bits per heavy atom. The molecule has 1 rings (SSSR count). The molecule has 0 aliphatic carbocycles. The standard InChI is InChI=1S/C8H5Cl3O/c9-4-7(12)5-2-1-3-6(10)8(5)11/h1-3H,4H2. The van der Waals surface area contributed by atoms with Gasteiger partial charge < -0.3 is 0 Å². The summed E-state index contributed by atoms with van der Waals surface area (Å²) in [5, 5.41) is 0.637. The van der Waals surface area contributed by atoms with Gasteiger partial charge in [-0.1, -0.05) is 29.3 Å². The number of ketones is 1. The van der Waals surface area contributed by atoms with Crippen LogP contribution in [0.1, 0.15) is 10.4 Å². The van der Waals surface area contributed by atoms with Crippen LogP contribution in [0.25, 0.3) is 0 Å². The van der Waals surface area contributed by atoms with Crippen LogP contribution in [0.3, 0.4) is 0 Å². The van der Waals surface area contributed by atoms with Crippen LogP contribution in [0.2, 0.25) is 10.0 Å². The monoisotopic (exact) mass is 222 g/mol. The van der Waals surface area contributed by atoms with Crippen LogP contribution in [-0.2, 0) is 0 Å². The van der Waals surface area contributed by atoms with E-state index in [4.69, 9.17) is 34.8 Å². The minimum Gasteiger partial charge on any atom is -0.293 e. The van der Waals surface area contributed by atoms with Gasteiger partial charge in [-0.15, -0.1) is 11.6 Å². The zero-order chi connectivity index (χ0) is 9.14. The number of hydrogen-bond acceptors (Lipinski definition) is 1. The van der Waals surface area contributed by atoms with Crippen LogP contribution in [0.15, 0.2) is 18.2 Å². The second-order valence-electron chi connectivity index (χ2n) is 2.16. The maximum absolute atomic E-state index is 11.1. The molecule has 0 aromatic heterocycles. The van der Waals surface area contributed by atoms with Crippen molar-refractivity contribution in [1.29, 1.82) is 0 Å². The number of alkyl halides is 1. The molecular formula is C8H5Cl3O. The first-order valence-electron chi connectivity index (χ1n) is 3.20. The highest BCUT2D eigenvalue weighted by Gasteiger charge is 2.10. The Morgan fingerprint density at radius 1 is 1.33 bits per heavy atom. The second kappa shape index (κ2) is 4.13. The molecule has 0 bridgehead atoms. The van der Waals surface area contributed by atoms with Crippen LogP contribution < -0.4 is 0 Å². The molecule has 0 saturated heterocycles. The summed E-state index contributed by atoms with van der Waals surface area (Å²) in [6, 6.07) is 4.88. The lowest BCUT2D eigenvalue weighted by atomic mass is 10.1. The van der Waals surface area contributed by atoms with E-state index in [1.54, 1.807) is 18.2 Å². The number of carbonyl (C=O) groups excluding carboxylic acids is 1. The number of halogens is 3. The fraction of sp³-hybridized carbons (Fsp3) is 0.125. The lowest BCUT2D eigenvalue weighted by Gasteiger charge is -2.01. The number of hydrogen-bond donors (Lipinski definition) is 0. The molecule has 0 saturated carbocycles. The topological polar surface area (TPSA) is 17.1 Å². The van der Waals surface area contributed by atoms with Gasteiger partial charge in [-0.25, -0.2) is 0 Å². The van der Waals surface area contributed by atoms with Crippen molar-refractivity contribution >= 4 is 40.6 Å². The average molecular weight is 223 g/mol. The molecule has 0 heterocycles. The molecule has 1 aromatic carbocycles. The lowest BCUT2D eigenvalue weighted by molar-refractivity contribution is 0.102. The minimum absolute atomic E-state index is 0.0833. The van der Waals surface area contributed by atoms with E-state index in [9.17, 15) is 4.79 Å². The molecule has 12 heavy (non-hydrogen) atoms. The fourth-order valence-corrected chi connectivity index (χ4v) is 1.34. The van der Waals surface area contributed by atoms with Crippen LogP contribution >= 0.6 is 34.8 Å². The molecule has 0 aliphatic rings. The summed E-state index contributed by atoms with van der Waals surface area (Å²) in [6.07, 6.45) is 0. The van der Waals surface area contributed by atoms with Crippen molar-refractivity contribution in [1.82, 2.24) is 0 Å². The maximum Gasteiger partial charge on any atom is 0.179 e. The van der Waals surface area contributed by atoms with Crippen molar-refractivity contribution in [3.05, 3.63) is 33.8 Å². The summed E-state index contributed by atoms with van der Waals surface area (Å²) in [7, 11) is 0. The van der Waals surface area contributed by atoms with E-state index in [0.717, 1.165) is 0 Å². The summed E-state index contributed by atoms with van der Waals surface area (Å²) in [6.45, 7) is 0. The highest BCUT2D eigenvalue weighted by atomic mass is 35.5. The largest absolute Gasteiger partial charge is 0.293 e. The Hall–Kier alpha value is -0.240. The highest BCUT2D eigenvalue weighted by molar-refractivity contribution is 6.44. The van der Waals surface area contributed by atoms with E-state index < -0.39 is 0 Å². The zero-order valence-corrected chi connectivity index (χ0v) is 8.25. The summed E-state index contributed by atoms with van der Waals surface area (Å²) in [4.78, 5) is 11.1. The normalized spacial score (nSPS) is 9.92. The van der Waals surface area contributed by atoms with Crippen LogP contribution in [0, 0.1) is 0 Å². The molecule has 0 fully saturated rings. The quantitative estimate of drug-likeness (QED) is 0.555. The van der Waals surface area contributed by atoms with Crippen molar-refractivity contribution in [2.75, 3.05) is 5.88 Å². The van der Waals surface area contributed by atoms with Gasteiger partial charge in [0.15, 0.2) is 5.78 Å². The van der Waals surface area contributed by atoms with Gasteiger partial charge in [0.2, 0.25) is 0 Å². The molecule has 1 aromatic rings. The fourth-order valence-electron chi connectivity index (χ4n) is 0.791. The maximum atomic E-state index is 11.1. The molecule has 4 heteroatoms. The van der Waals surface area contributed by atoms with Gasteiger partial charge in [0.1, 0.15) is 0 Å². The summed E-state index contributed by atoms with van der Waals surface area (Å²) in [5.41, 5.74) is 0.374. The Kier molecular flexibility index (Phi) is 3.39. The third-order valence-electron chi connectivity index (χ3n) is 1.37. The number of carbonyl (C=O) groups is 1. The van der Waals surface area contributed by atoms with Crippen molar-refractivity contribution in [2.24, 2.45) is 0 Å². The van der Waals surface area contributed by atoms with Crippen LogP contribution in [0.4, 0.5) is 0 Å².